The molecule has 0 amide bonds. The molecule has 0 unspecified atom stereocenters. The highest BCUT2D eigenvalue weighted by molar-refractivity contribution is 9.10. The third kappa shape index (κ3) is 4.28. The zero-order chi connectivity index (χ0) is 15.4. The second-order valence-electron chi connectivity index (χ2n) is 4.30. The van der Waals surface area contributed by atoms with Crippen LogP contribution in [0, 0.1) is 11.3 Å². The van der Waals surface area contributed by atoms with Gasteiger partial charge < -0.3 is 10.1 Å². The maximum atomic E-state index is 9.11. The van der Waals surface area contributed by atoms with Crippen molar-refractivity contribution in [3.63, 3.8) is 0 Å². The number of ether oxygens (including phenoxy) is 1. The number of nitrogens with one attached hydrogen (secondary N) is 1. The van der Waals surface area contributed by atoms with E-state index in [0.29, 0.717) is 11.3 Å². The standard InChI is InChI=1S/C13H11BrClN5O/c1-7(2)21-13-19-11(15)18-12(20-13)17-10-5-9(14)4-3-8(10)6-16/h3-5,7H,1-2H3,(H,17,18,19,20). The first kappa shape index (κ1) is 15.5. The molecule has 2 rings (SSSR count). The van der Waals surface area contributed by atoms with Crippen LogP contribution in [-0.2, 0) is 0 Å². The van der Waals surface area contributed by atoms with Gasteiger partial charge >= 0.3 is 6.01 Å². The number of hydrogen-bond donors (Lipinski definition) is 1. The zero-order valence-corrected chi connectivity index (χ0v) is 13.6. The summed E-state index contributed by atoms with van der Waals surface area (Å²) in [4.78, 5) is 12.0. The first-order valence-electron chi connectivity index (χ1n) is 6.03. The van der Waals surface area contributed by atoms with Gasteiger partial charge in [0.05, 0.1) is 17.4 Å². The summed E-state index contributed by atoms with van der Waals surface area (Å²) in [6.07, 6.45) is -0.0862. The summed E-state index contributed by atoms with van der Waals surface area (Å²) in [5.41, 5.74) is 1.02. The van der Waals surface area contributed by atoms with E-state index in [-0.39, 0.29) is 23.3 Å². The summed E-state index contributed by atoms with van der Waals surface area (Å²) in [5, 5.41) is 12.1. The third-order valence-corrected chi connectivity index (χ3v) is 2.94. The van der Waals surface area contributed by atoms with Crippen LogP contribution in [0.4, 0.5) is 11.6 Å². The second-order valence-corrected chi connectivity index (χ2v) is 5.56. The molecular weight excluding hydrogens is 358 g/mol. The highest BCUT2D eigenvalue weighted by Gasteiger charge is 2.10. The molecule has 108 valence electrons. The van der Waals surface area contributed by atoms with E-state index in [1.165, 1.54) is 0 Å². The van der Waals surface area contributed by atoms with Gasteiger partial charge in [0.25, 0.3) is 0 Å². The minimum atomic E-state index is -0.0862. The molecule has 0 saturated heterocycles. The molecule has 8 heteroatoms. The number of rotatable bonds is 4. The number of benzene rings is 1. The molecule has 1 aromatic heterocycles. The van der Waals surface area contributed by atoms with Crippen molar-refractivity contribution in [1.82, 2.24) is 15.0 Å². The largest absolute Gasteiger partial charge is 0.461 e. The van der Waals surface area contributed by atoms with E-state index in [9.17, 15) is 0 Å². The fourth-order valence-electron chi connectivity index (χ4n) is 1.49. The van der Waals surface area contributed by atoms with Gasteiger partial charge in [-0.3, -0.25) is 0 Å². The zero-order valence-electron chi connectivity index (χ0n) is 11.3. The first-order valence-corrected chi connectivity index (χ1v) is 7.20. The van der Waals surface area contributed by atoms with E-state index in [1.807, 2.05) is 13.8 Å². The van der Waals surface area contributed by atoms with Crippen LogP contribution in [0.15, 0.2) is 22.7 Å². The maximum absolute atomic E-state index is 9.11. The average Bonchev–Trinajstić information content (AvgIpc) is 2.37. The Morgan fingerprint density at radius 3 is 2.76 bits per heavy atom. The molecular formula is C13H11BrClN5O. The Bertz CT molecular complexity index is 701. The van der Waals surface area contributed by atoms with Crippen molar-refractivity contribution < 1.29 is 4.74 Å². The van der Waals surface area contributed by atoms with Crippen LogP contribution in [-0.4, -0.2) is 21.1 Å². The summed E-state index contributed by atoms with van der Waals surface area (Å²) in [6, 6.07) is 7.42. The summed E-state index contributed by atoms with van der Waals surface area (Å²) in [6.45, 7) is 3.71. The van der Waals surface area contributed by atoms with Crippen LogP contribution in [0.2, 0.25) is 5.28 Å². The van der Waals surface area contributed by atoms with Crippen LogP contribution in [0.5, 0.6) is 6.01 Å². The molecule has 0 fully saturated rings. The van der Waals surface area contributed by atoms with Crippen molar-refractivity contribution in [2.24, 2.45) is 0 Å². The van der Waals surface area contributed by atoms with Gasteiger partial charge in [-0.05, 0) is 43.6 Å². The van der Waals surface area contributed by atoms with Gasteiger partial charge in [0.2, 0.25) is 11.2 Å². The molecule has 0 atom stereocenters. The summed E-state index contributed by atoms with van der Waals surface area (Å²) in [5.74, 6) is 0.209. The molecule has 1 aromatic carbocycles. The molecule has 0 aliphatic carbocycles. The lowest BCUT2D eigenvalue weighted by atomic mass is 10.2. The number of anilines is 2. The minimum Gasteiger partial charge on any atom is -0.461 e. The van der Waals surface area contributed by atoms with Crippen LogP contribution < -0.4 is 10.1 Å². The van der Waals surface area contributed by atoms with Crippen LogP contribution >= 0.6 is 27.5 Å². The van der Waals surface area contributed by atoms with Crippen LogP contribution in [0.1, 0.15) is 19.4 Å². The van der Waals surface area contributed by atoms with Crippen molar-refractivity contribution in [2.75, 3.05) is 5.32 Å². The number of hydrogen-bond acceptors (Lipinski definition) is 6. The lowest BCUT2D eigenvalue weighted by Crippen LogP contribution is -2.10. The Hall–Kier alpha value is -1.91. The van der Waals surface area contributed by atoms with E-state index >= 15 is 0 Å². The van der Waals surface area contributed by atoms with Gasteiger partial charge in [0, 0.05) is 4.47 Å². The summed E-state index contributed by atoms with van der Waals surface area (Å²) < 4.78 is 6.21. The third-order valence-electron chi connectivity index (χ3n) is 2.28. The predicted molar refractivity (Wildman–Crippen MR) is 82.7 cm³/mol. The maximum Gasteiger partial charge on any atom is 0.322 e. The monoisotopic (exact) mass is 367 g/mol. The van der Waals surface area contributed by atoms with E-state index in [0.717, 1.165) is 4.47 Å². The van der Waals surface area contributed by atoms with Gasteiger partial charge in [-0.25, -0.2) is 0 Å². The van der Waals surface area contributed by atoms with Crippen molar-refractivity contribution in [2.45, 2.75) is 20.0 Å². The average molecular weight is 369 g/mol. The summed E-state index contributed by atoms with van der Waals surface area (Å²) >= 11 is 9.20. The highest BCUT2D eigenvalue weighted by Crippen LogP contribution is 2.24. The lowest BCUT2D eigenvalue weighted by molar-refractivity contribution is 0.222. The van der Waals surface area contributed by atoms with Crippen LogP contribution in [0.3, 0.4) is 0 Å². The van der Waals surface area contributed by atoms with Crippen LogP contribution in [0.25, 0.3) is 0 Å². The molecule has 0 radical (unpaired) electrons. The van der Waals surface area contributed by atoms with Gasteiger partial charge in [-0.2, -0.15) is 20.2 Å². The van der Waals surface area contributed by atoms with E-state index in [4.69, 9.17) is 21.6 Å². The van der Waals surface area contributed by atoms with Gasteiger partial charge in [0.1, 0.15) is 6.07 Å². The van der Waals surface area contributed by atoms with E-state index < -0.39 is 0 Å². The molecule has 0 bridgehead atoms. The Kier molecular flexibility index (Phi) is 4.94. The highest BCUT2D eigenvalue weighted by atomic mass is 79.9. The lowest BCUT2D eigenvalue weighted by Gasteiger charge is -2.10. The molecule has 0 spiro atoms. The minimum absolute atomic E-state index is 0.0108. The first-order chi connectivity index (χ1) is 9.97. The van der Waals surface area contributed by atoms with E-state index in [1.54, 1.807) is 18.2 Å². The Balaban J connectivity index is 2.33. The number of nitriles is 1. The SMILES string of the molecule is CC(C)Oc1nc(Cl)nc(Nc2cc(Br)ccc2C#N)n1. The number of halogens is 2. The molecule has 1 heterocycles. The Morgan fingerprint density at radius 2 is 2.10 bits per heavy atom. The van der Waals surface area contributed by atoms with Crippen molar-refractivity contribution >= 4 is 39.2 Å². The van der Waals surface area contributed by atoms with Gasteiger partial charge in [-0.15, -0.1) is 0 Å². The fraction of sp³-hybridized carbons (Fsp3) is 0.231. The normalized spacial score (nSPS) is 10.3. The molecule has 6 nitrogen and oxygen atoms in total. The number of aromatic nitrogens is 3. The number of nitrogens with zero attached hydrogens (tertiary/aromatic N) is 4. The van der Waals surface area contributed by atoms with Gasteiger partial charge in [-0.1, -0.05) is 15.9 Å². The van der Waals surface area contributed by atoms with Crippen molar-refractivity contribution in [1.29, 1.82) is 5.26 Å². The molecule has 0 aliphatic heterocycles. The molecule has 0 aliphatic rings. The summed E-state index contributed by atoms with van der Waals surface area (Å²) in [7, 11) is 0. The van der Waals surface area contributed by atoms with E-state index in [2.05, 4.69) is 42.3 Å². The van der Waals surface area contributed by atoms with Gasteiger partial charge in [0.15, 0.2) is 0 Å². The van der Waals surface area contributed by atoms with Crippen molar-refractivity contribution in [3.05, 3.63) is 33.5 Å². The topological polar surface area (TPSA) is 83.7 Å². The molecule has 0 saturated carbocycles. The fourth-order valence-corrected chi connectivity index (χ4v) is 2.00. The molecule has 21 heavy (non-hydrogen) atoms. The Labute approximate surface area is 135 Å². The van der Waals surface area contributed by atoms with Crippen molar-refractivity contribution in [3.8, 4) is 12.1 Å². The molecule has 1 N–H and O–H groups in total. The quantitative estimate of drug-likeness (QED) is 0.886. The smallest absolute Gasteiger partial charge is 0.322 e. The second kappa shape index (κ2) is 6.70. The predicted octanol–water partition coefficient (Wildman–Crippen LogP) is 3.69. The Morgan fingerprint density at radius 1 is 1.33 bits per heavy atom. The molecule has 2 aromatic rings.